The summed E-state index contributed by atoms with van der Waals surface area (Å²) in [4.78, 5) is 0. The summed E-state index contributed by atoms with van der Waals surface area (Å²) >= 11 is 0. The van der Waals surface area contributed by atoms with E-state index in [-0.39, 0.29) is 0 Å². The predicted octanol–water partition coefficient (Wildman–Crippen LogP) is 8.43. The van der Waals surface area contributed by atoms with Crippen LogP contribution in [0.2, 0.25) is 0 Å². The summed E-state index contributed by atoms with van der Waals surface area (Å²) in [5.41, 5.74) is 5.82. The van der Waals surface area contributed by atoms with Crippen molar-refractivity contribution in [3.63, 3.8) is 0 Å². The maximum Gasteiger partial charge on any atom is 0.0489 e. The van der Waals surface area contributed by atoms with Crippen molar-refractivity contribution in [2.45, 2.75) is 86.6 Å². The second kappa shape index (κ2) is 11.2. The molecule has 2 aromatic rings. The van der Waals surface area contributed by atoms with E-state index in [1.807, 2.05) is 19.9 Å². The van der Waals surface area contributed by atoms with E-state index >= 15 is 0 Å². The Balaban J connectivity index is 0.000000338. The smallest absolute Gasteiger partial charge is 0.0489 e. The molecule has 0 atom stereocenters. The van der Waals surface area contributed by atoms with E-state index in [2.05, 4.69) is 69.8 Å². The molecule has 1 aliphatic rings. The molecule has 1 saturated carbocycles. The average Bonchev–Trinajstić information content (AvgIpc) is 3.01. The van der Waals surface area contributed by atoms with Crippen LogP contribution in [0.5, 0.6) is 0 Å². The molecule has 1 heterocycles. The largest absolute Gasteiger partial charge is 0.343 e. The summed E-state index contributed by atoms with van der Waals surface area (Å²) in [7, 11) is 0. The van der Waals surface area contributed by atoms with Crippen molar-refractivity contribution in [1.29, 1.82) is 0 Å². The third-order valence-electron chi connectivity index (χ3n) is 5.68. The molecule has 0 bridgehead atoms. The van der Waals surface area contributed by atoms with E-state index in [1.54, 1.807) is 0 Å². The van der Waals surface area contributed by atoms with Crippen LogP contribution in [0, 0.1) is 5.41 Å². The molecule has 3 rings (SSSR count). The minimum Gasteiger partial charge on any atom is -0.343 e. The first-order valence-electron chi connectivity index (χ1n) is 10.8. The normalized spacial score (nSPS) is 14.3. The standard InChI is InChI=1S/C17H21N.C7H14.C2H6/c1-5-7-14-8-9-17-15(11-14)16(13(3)4)12-18(17)10-6-2;1-3-7(2)5-4-6-7;1-2/h6,8-9,11-12H,2-3,5,7,10H2,1,4H3;3-6H2,1-2H3;1-2H3. The van der Waals surface area contributed by atoms with Gasteiger partial charge in [-0.2, -0.15) is 0 Å². The fraction of sp³-hybridized carbons (Fsp3) is 0.538. The molecular weight excluding hydrogens is 326 g/mol. The summed E-state index contributed by atoms with van der Waals surface area (Å²) in [6.07, 6.45) is 12.2. The highest BCUT2D eigenvalue weighted by Crippen LogP contribution is 2.42. The maximum atomic E-state index is 4.09. The Labute approximate surface area is 168 Å². The molecule has 0 saturated heterocycles. The zero-order valence-electron chi connectivity index (χ0n) is 18.7. The SMILES string of the molecule is C=CCn1cc(C(=C)C)c2cc(CCC)ccc21.CC.CCC1(C)CCC1. The van der Waals surface area contributed by atoms with Crippen LogP contribution in [0.4, 0.5) is 0 Å². The monoisotopic (exact) mass is 367 g/mol. The van der Waals surface area contributed by atoms with Crippen molar-refractivity contribution < 1.29 is 0 Å². The molecule has 1 aromatic carbocycles. The van der Waals surface area contributed by atoms with E-state index < -0.39 is 0 Å². The van der Waals surface area contributed by atoms with Crippen molar-refractivity contribution in [1.82, 2.24) is 4.57 Å². The molecule has 0 amide bonds. The molecule has 150 valence electrons. The number of allylic oxidation sites excluding steroid dienone is 2. The van der Waals surface area contributed by atoms with Gasteiger partial charge in [0, 0.05) is 29.2 Å². The third-order valence-corrected chi connectivity index (χ3v) is 5.68. The van der Waals surface area contributed by atoms with Gasteiger partial charge in [-0.15, -0.1) is 6.58 Å². The summed E-state index contributed by atoms with van der Waals surface area (Å²) in [6.45, 7) is 21.7. The van der Waals surface area contributed by atoms with Gasteiger partial charge in [-0.05, 0) is 54.9 Å². The fourth-order valence-electron chi connectivity index (χ4n) is 3.55. The molecule has 1 nitrogen and oxygen atoms in total. The lowest BCUT2D eigenvalue weighted by molar-refractivity contribution is 0.155. The second-order valence-electron chi connectivity index (χ2n) is 7.88. The third kappa shape index (κ3) is 6.13. The van der Waals surface area contributed by atoms with Gasteiger partial charge >= 0.3 is 0 Å². The Kier molecular flexibility index (Phi) is 9.63. The lowest BCUT2D eigenvalue weighted by Gasteiger charge is -2.37. The Bertz CT molecular complexity index is 722. The molecule has 1 fully saturated rings. The van der Waals surface area contributed by atoms with E-state index in [4.69, 9.17) is 0 Å². The Morgan fingerprint density at radius 2 is 1.89 bits per heavy atom. The molecule has 1 aliphatic carbocycles. The summed E-state index contributed by atoms with van der Waals surface area (Å²) in [5.74, 6) is 0. The van der Waals surface area contributed by atoms with Crippen LogP contribution >= 0.6 is 0 Å². The zero-order valence-corrected chi connectivity index (χ0v) is 18.7. The highest BCUT2D eigenvalue weighted by Gasteiger charge is 2.28. The van der Waals surface area contributed by atoms with Gasteiger partial charge in [0.15, 0.2) is 0 Å². The minimum absolute atomic E-state index is 0.764. The lowest BCUT2D eigenvalue weighted by atomic mass is 9.69. The molecule has 27 heavy (non-hydrogen) atoms. The molecule has 0 aliphatic heterocycles. The second-order valence-corrected chi connectivity index (χ2v) is 7.88. The van der Waals surface area contributed by atoms with Gasteiger partial charge in [0.2, 0.25) is 0 Å². The molecule has 0 radical (unpaired) electrons. The van der Waals surface area contributed by atoms with Crippen molar-refractivity contribution in [3.05, 3.63) is 54.8 Å². The van der Waals surface area contributed by atoms with E-state index in [0.29, 0.717) is 0 Å². The first-order chi connectivity index (χ1) is 12.9. The predicted molar refractivity (Wildman–Crippen MR) is 124 cm³/mol. The molecule has 0 unspecified atom stereocenters. The number of aryl methyl sites for hydroxylation is 1. The van der Waals surface area contributed by atoms with Crippen molar-refractivity contribution in [2.75, 3.05) is 0 Å². The number of rotatable bonds is 6. The van der Waals surface area contributed by atoms with Crippen LogP contribution in [0.1, 0.15) is 84.8 Å². The van der Waals surface area contributed by atoms with Gasteiger partial charge in [-0.25, -0.2) is 0 Å². The van der Waals surface area contributed by atoms with Gasteiger partial charge in [-0.1, -0.05) is 72.6 Å². The van der Waals surface area contributed by atoms with E-state index in [1.165, 1.54) is 54.1 Å². The van der Waals surface area contributed by atoms with Gasteiger partial charge in [0.25, 0.3) is 0 Å². The molecule has 0 N–H and O–H groups in total. The number of hydrogen-bond acceptors (Lipinski definition) is 0. The molecule has 1 aromatic heterocycles. The maximum absolute atomic E-state index is 4.09. The number of aromatic nitrogens is 1. The molecular formula is C26H41N. The Hall–Kier alpha value is -1.76. The molecule has 0 spiro atoms. The number of fused-ring (bicyclic) bond motifs is 1. The van der Waals surface area contributed by atoms with Crippen molar-refractivity contribution >= 4 is 16.5 Å². The van der Waals surface area contributed by atoms with E-state index in [0.717, 1.165) is 24.0 Å². The van der Waals surface area contributed by atoms with Gasteiger partial charge in [-0.3, -0.25) is 0 Å². The van der Waals surface area contributed by atoms with Crippen LogP contribution in [-0.2, 0) is 13.0 Å². The van der Waals surface area contributed by atoms with Gasteiger partial charge in [0.05, 0.1) is 0 Å². The van der Waals surface area contributed by atoms with Gasteiger partial charge in [0.1, 0.15) is 0 Å². The van der Waals surface area contributed by atoms with Crippen molar-refractivity contribution in [2.24, 2.45) is 5.41 Å². The van der Waals surface area contributed by atoms with Crippen LogP contribution in [0.25, 0.3) is 16.5 Å². The first kappa shape index (κ1) is 23.3. The zero-order chi connectivity index (χ0) is 20.4. The Morgan fingerprint density at radius 3 is 2.30 bits per heavy atom. The number of benzene rings is 1. The Morgan fingerprint density at radius 1 is 1.22 bits per heavy atom. The fourth-order valence-corrected chi connectivity index (χ4v) is 3.55. The average molecular weight is 368 g/mol. The number of hydrogen-bond donors (Lipinski definition) is 0. The lowest BCUT2D eigenvalue weighted by Crippen LogP contribution is -2.23. The quantitative estimate of drug-likeness (QED) is 0.451. The summed E-state index contributed by atoms with van der Waals surface area (Å²) in [6, 6.07) is 6.76. The van der Waals surface area contributed by atoms with Crippen LogP contribution < -0.4 is 0 Å². The van der Waals surface area contributed by atoms with Crippen LogP contribution in [0.15, 0.2) is 43.6 Å². The highest BCUT2D eigenvalue weighted by molar-refractivity contribution is 5.92. The minimum atomic E-state index is 0.764. The van der Waals surface area contributed by atoms with Crippen LogP contribution in [-0.4, -0.2) is 4.57 Å². The topological polar surface area (TPSA) is 4.93 Å². The van der Waals surface area contributed by atoms with Crippen molar-refractivity contribution in [3.8, 4) is 0 Å². The van der Waals surface area contributed by atoms with Gasteiger partial charge < -0.3 is 4.57 Å². The number of nitrogens with zero attached hydrogens (tertiary/aromatic N) is 1. The van der Waals surface area contributed by atoms with Crippen LogP contribution in [0.3, 0.4) is 0 Å². The first-order valence-corrected chi connectivity index (χ1v) is 10.8. The van der Waals surface area contributed by atoms with E-state index in [9.17, 15) is 0 Å². The summed E-state index contributed by atoms with van der Waals surface area (Å²) in [5, 5.41) is 1.32. The summed E-state index contributed by atoms with van der Waals surface area (Å²) < 4.78 is 2.24. The molecule has 1 heteroatoms. The highest BCUT2D eigenvalue weighted by atomic mass is 14.9.